The van der Waals surface area contributed by atoms with Crippen LogP contribution in [0.1, 0.15) is 27.7 Å². The van der Waals surface area contributed by atoms with Crippen LogP contribution in [0.4, 0.5) is 0 Å². The molecule has 2 radical (unpaired) electrons. The molecule has 0 atom stereocenters. The van der Waals surface area contributed by atoms with E-state index in [0.29, 0.717) is 12.1 Å². The third-order valence-corrected chi connectivity index (χ3v) is 2.65. The molecule has 0 bridgehead atoms. The topological polar surface area (TPSA) is 6.02 Å². The number of hydrogen-bond donors (Lipinski definition) is 0. The molecule has 0 N–H and O–H groups in total. The number of fused-ring (bicyclic) bond motifs is 1. The van der Waals surface area contributed by atoms with Crippen molar-refractivity contribution in [1.82, 2.24) is 9.15 Å². The van der Waals surface area contributed by atoms with E-state index in [2.05, 4.69) is 67.8 Å². The molecule has 2 rings (SSSR count). The summed E-state index contributed by atoms with van der Waals surface area (Å²) in [5.74, 6) is 0. The van der Waals surface area contributed by atoms with E-state index in [1.54, 1.807) is 0 Å². The van der Waals surface area contributed by atoms with Gasteiger partial charge in [-0.1, -0.05) is 12.1 Å². The lowest BCUT2D eigenvalue weighted by Gasteiger charge is -1.97. The minimum atomic E-state index is 0.454. The summed E-state index contributed by atoms with van der Waals surface area (Å²) in [5.41, 5.74) is 0. The summed E-state index contributed by atoms with van der Waals surface area (Å²) in [6.45, 7) is 12.2. The lowest BCUT2D eigenvalue weighted by atomic mass is 10.3. The van der Waals surface area contributed by atoms with Gasteiger partial charge in [-0.3, -0.25) is 0 Å². The summed E-state index contributed by atoms with van der Waals surface area (Å²) in [4.78, 5) is 0. The van der Waals surface area contributed by atoms with Crippen molar-refractivity contribution >= 4 is 0 Å². The van der Waals surface area contributed by atoms with Crippen LogP contribution in [0.5, 0.6) is 0 Å². The summed E-state index contributed by atoms with van der Waals surface area (Å²) in [5, 5.41) is 2.53. The van der Waals surface area contributed by atoms with Crippen LogP contribution in [0.2, 0.25) is 0 Å². The van der Waals surface area contributed by atoms with Crippen molar-refractivity contribution in [1.29, 1.82) is 0 Å². The predicted octanol–water partition coefficient (Wildman–Crippen LogP) is 0.495. The first-order valence-corrected chi connectivity index (χ1v) is 5.55. The van der Waals surface area contributed by atoms with E-state index in [-0.39, 0.29) is 0 Å². The van der Waals surface area contributed by atoms with Crippen LogP contribution >= 0.6 is 0 Å². The SMILES string of the molecule is CC(C)[N+]1=c2ccccc2=[N+](C(C)C)[C]1. The summed E-state index contributed by atoms with van der Waals surface area (Å²) in [7, 11) is 0. The monoisotopic (exact) mass is 202 g/mol. The van der Waals surface area contributed by atoms with E-state index in [1.807, 2.05) is 0 Å². The zero-order valence-corrected chi connectivity index (χ0v) is 9.86. The van der Waals surface area contributed by atoms with Gasteiger partial charge in [-0.05, 0) is 27.7 Å². The zero-order chi connectivity index (χ0) is 11.0. The van der Waals surface area contributed by atoms with Crippen molar-refractivity contribution in [3.63, 3.8) is 0 Å². The van der Waals surface area contributed by atoms with Crippen molar-refractivity contribution in [2.24, 2.45) is 0 Å². The second-order valence-electron chi connectivity index (χ2n) is 4.52. The van der Waals surface area contributed by atoms with Gasteiger partial charge in [0.25, 0.3) is 10.7 Å². The smallest absolute Gasteiger partial charge is 0.131 e. The molecule has 0 unspecified atom stereocenters. The Labute approximate surface area is 91.2 Å². The van der Waals surface area contributed by atoms with Crippen molar-refractivity contribution < 1.29 is 0 Å². The molecule has 15 heavy (non-hydrogen) atoms. The van der Waals surface area contributed by atoms with Crippen molar-refractivity contribution in [2.45, 2.75) is 39.8 Å². The summed E-state index contributed by atoms with van der Waals surface area (Å²) < 4.78 is 4.41. The quantitative estimate of drug-likeness (QED) is 0.616. The molecule has 0 amide bonds. The van der Waals surface area contributed by atoms with Gasteiger partial charge in [0, 0.05) is 12.1 Å². The molecule has 0 saturated heterocycles. The Bertz CT molecular complexity index is 439. The van der Waals surface area contributed by atoms with Crippen LogP contribution in [-0.4, -0.2) is 12.1 Å². The maximum Gasteiger partial charge on any atom is 0.645 e. The molecule has 0 aromatic heterocycles. The van der Waals surface area contributed by atoms with Gasteiger partial charge in [0.2, 0.25) is 0 Å². The van der Waals surface area contributed by atoms with Crippen LogP contribution < -0.4 is 19.9 Å². The number of para-hydroxylation sites is 2. The van der Waals surface area contributed by atoms with Crippen LogP contribution in [0.25, 0.3) is 0 Å². The average molecular weight is 202 g/mol. The van der Waals surface area contributed by atoms with Gasteiger partial charge in [-0.25, -0.2) is 0 Å². The van der Waals surface area contributed by atoms with E-state index in [1.165, 1.54) is 10.7 Å². The normalized spacial score (nSPS) is 15.3. The first kappa shape index (κ1) is 10.3. The zero-order valence-electron chi connectivity index (χ0n) is 9.86. The first-order chi connectivity index (χ1) is 7.11. The Hall–Kier alpha value is -1.18. The van der Waals surface area contributed by atoms with Gasteiger partial charge >= 0.3 is 6.67 Å². The van der Waals surface area contributed by atoms with Crippen molar-refractivity contribution in [3.05, 3.63) is 41.6 Å². The molecule has 1 aromatic rings. The molecule has 1 aliphatic rings. The Morgan fingerprint density at radius 3 is 1.60 bits per heavy atom. The molecule has 2 heteroatoms. The highest BCUT2D eigenvalue weighted by molar-refractivity contribution is 5.07. The lowest BCUT2D eigenvalue weighted by molar-refractivity contribution is 0.474. The van der Waals surface area contributed by atoms with Crippen LogP contribution in [0.3, 0.4) is 0 Å². The molecule has 1 aromatic carbocycles. The molecule has 1 heterocycles. The van der Waals surface area contributed by atoms with Gasteiger partial charge in [0.1, 0.15) is 0 Å². The highest BCUT2D eigenvalue weighted by Crippen LogP contribution is 1.95. The highest BCUT2D eigenvalue weighted by atomic mass is 15.2. The Morgan fingerprint density at radius 1 is 0.867 bits per heavy atom. The van der Waals surface area contributed by atoms with E-state index in [9.17, 15) is 0 Å². The fourth-order valence-electron chi connectivity index (χ4n) is 1.88. The molecule has 1 aliphatic heterocycles. The average Bonchev–Trinajstić information content (AvgIpc) is 2.56. The Morgan fingerprint density at radius 2 is 1.27 bits per heavy atom. The maximum atomic E-state index is 3.42. The molecule has 0 saturated carbocycles. The third kappa shape index (κ3) is 1.69. The summed E-state index contributed by atoms with van der Waals surface area (Å²) in [6.07, 6.45) is 0. The number of nitrogens with zero attached hydrogens (tertiary/aromatic N) is 2. The van der Waals surface area contributed by atoms with Crippen LogP contribution in [0, 0.1) is 6.67 Å². The maximum absolute atomic E-state index is 3.42. The standard InChI is InChI=1S/C13H18N2/c1-10(2)14-9-15(11(3)4)13-8-6-5-7-12(13)14/h5-8,10-11H,1-4H3/q+2. The van der Waals surface area contributed by atoms with Gasteiger partial charge < -0.3 is 0 Å². The second-order valence-corrected chi connectivity index (χ2v) is 4.52. The molecule has 78 valence electrons. The summed E-state index contributed by atoms with van der Waals surface area (Å²) in [6, 6.07) is 9.39. The van der Waals surface area contributed by atoms with Gasteiger partial charge in [-0.15, -0.1) is 9.15 Å². The minimum absolute atomic E-state index is 0.454. The largest absolute Gasteiger partial charge is 0.645 e. The van der Waals surface area contributed by atoms with Crippen molar-refractivity contribution in [3.8, 4) is 0 Å². The highest BCUT2D eigenvalue weighted by Gasteiger charge is 2.35. The molecule has 0 aliphatic carbocycles. The minimum Gasteiger partial charge on any atom is -0.131 e. The van der Waals surface area contributed by atoms with Gasteiger partial charge in [0.15, 0.2) is 12.1 Å². The Balaban J connectivity index is 2.74. The number of rotatable bonds is 2. The van der Waals surface area contributed by atoms with E-state index in [0.717, 1.165) is 0 Å². The molecule has 0 fully saturated rings. The van der Waals surface area contributed by atoms with Gasteiger partial charge in [0.05, 0.1) is 0 Å². The molecule has 0 spiro atoms. The molecular formula is C13H18N2+2. The predicted molar refractivity (Wildman–Crippen MR) is 61.7 cm³/mol. The lowest BCUT2D eigenvalue weighted by Crippen LogP contribution is -2.37. The summed E-state index contributed by atoms with van der Waals surface area (Å²) >= 11 is 0. The fraction of sp³-hybridized carbons (Fsp3) is 0.462. The first-order valence-electron chi connectivity index (χ1n) is 5.55. The Kier molecular flexibility index (Phi) is 2.59. The van der Waals surface area contributed by atoms with Gasteiger partial charge in [-0.2, -0.15) is 0 Å². The molecular weight excluding hydrogens is 184 g/mol. The van der Waals surface area contributed by atoms with E-state index >= 15 is 0 Å². The van der Waals surface area contributed by atoms with Crippen LogP contribution in [0.15, 0.2) is 24.3 Å². The molecule has 2 nitrogen and oxygen atoms in total. The van der Waals surface area contributed by atoms with E-state index in [4.69, 9.17) is 0 Å². The third-order valence-electron chi connectivity index (χ3n) is 2.65. The second kappa shape index (κ2) is 3.76. The van der Waals surface area contributed by atoms with E-state index < -0.39 is 0 Å². The number of benzene rings is 1. The van der Waals surface area contributed by atoms with Crippen molar-refractivity contribution in [2.75, 3.05) is 0 Å². The fourth-order valence-corrected chi connectivity index (χ4v) is 1.88. The number of hydrogen-bond acceptors (Lipinski definition) is 0. The van der Waals surface area contributed by atoms with Crippen LogP contribution in [-0.2, 0) is 0 Å².